The Morgan fingerprint density at radius 3 is 2.52 bits per heavy atom. The molecule has 0 aliphatic heterocycles. The Morgan fingerprint density at radius 1 is 1.00 bits per heavy atom. The predicted octanol–water partition coefficient (Wildman–Crippen LogP) is 5.19. The Morgan fingerprint density at radius 2 is 1.79 bits per heavy atom. The summed E-state index contributed by atoms with van der Waals surface area (Å²) in [5, 5.41) is 9.92. The molecule has 2 aromatic heterocycles. The maximum absolute atomic E-state index is 12.3. The molecule has 2 aromatic carbocycles. The third-order valence-electron chi connectivity index (χ3n) is 4.77. The van der Waals surface area contributed by atoms with Crippen molar-refractivity contribution in [1.29, 1.82) is 0 Å². The second kappa shape index (κ2) is 9.43. The Balaban J connectivity index is 1.51. The van der Waals surface area contributed by atoms with Gasteiger partial charge < -0.3 is 24.1 Å². The van der Waals surface area contributed by atoms with Crippen LogP contribution in [0.2, 0.25) is 0 Å². The number of carbonyl (C=O) groups is 1. The molecule has 0 atom stereocenters. The average Bonchev–Trinajstić information content (AvgIpc) is 3.27. The van der Waals surface area contributed by atoms with E-state index >= 15 is 0 Å². The normalized spacial score (nSPS) is 10.8. The van der Waals surface area contributed by atoms with Crippen molar-refractivity contribution in [2.75, 3.05) is 24.9 Å². The lowest BCUT2D eigenvalue weighted by molar-refractivity contribution is 0.261. The Bertz CT molecular complexity index is 1290. The van der Waals surface area contributed by atoms with Crippen molar-refractivity contribution in [2.45, 2.75) is 19.8 Å². The summed E-state index contributed by atoms with van der Waals surface area (Å²) < 4.78 is 21.8. The van der Waals surface area contributed by atoms with Crippen LogP contribution in [-0.2, 0) is 0 Å². The number of fused-ring (bicyclic) bond motifs is 1. The van der Waals surface area contributed by atoms with Gasteiger partial charge in [0.1, 0.15) is 12.1 Å². The number of methoxy groups -OCH3 is 2. The fourth-order valence-electron chi connectivity index (χ4n) is 3.08. The van der Waals surface area contributed by atoms with Crippen molar-refractivity contribution in [2.24, 2.45) is 0 Å². The molecule has 2 N–H and O–H groups in total. The van der Waals surface area contributed by atoms with Gasteiger partial charge in [-0.15, -0.1) is 0 Å². The molecule has 0 spiro atoms. The van der Waals surface area contributed by atoms with E-state index in [1.807, 2.05) is 13.8 Å². The summed E-state index contributed by atoms with van der Waals surface area (Å²) in [4.78, 5) is 20.9. The zero-order valence-electron chi connectivity index (χ0n) is 18.6. The van der Waals surface area contributed by atoms with E-state index < -0.39 is 6.03 Å². The quantitative estimate of drug-likeness (QED) is 0.395. The monoisotopic (exact) mass is 449 g/mol. The number of hydrogen-bond donors (Lipinski definition) is 2. The summed E-state index contributed by atoms with van der Waals surface area (Å²) in [6, 6.07) is 11.6. The number of urea groups is 1. The minimum absolute atomic E-state index is 0.195. The third kappa shape index (κ3) is 4.95. The number of nitrogens with one attached hydrogen (secondary N) is 2. The number of anilines is 2. The summed E-state index contributed by atoms with van der Waals surface area (Å²) in [5.74, 6) is 2.36. The zero-order valence-corrected chi connectivity index (χ0v) is 18.6. The van der Waals surface area contributed by atoms with Gasteiger partial charge in [0.25, 0.3) is 0 Å². The Kier molecular flexibility index (Phi) is 6.25. The minimum Gasteiger partial charge on any atom is -0.493 e. The molecule has 0 bridgehead atoms. The first-order valence-corrected chi connectivity index (χ1v) is 10.2. The fourth-order valence-corrected chi connectivity index (χ4v) is 3.08. The van der Waals surface area contributed by atoms with Gasteiger partial charge in [-0.25, -0.2) is 14.8 Å². The van der Waals surface area contributed by atoms with Crippen molar-refractivity contribution < 1.29 is 23.5 Å². The van der Waals surface area contributed by atoms with Gasteiger partial charge in [0.15, 0.2) is 11.5 Å². The lowest BCUT2D eigenvalue weighted by atomic mass is 10.1. The van der Waals surface area contributed by atoms with Gasteiger partial charge in [-0.3, -0.25) is 5.32 Å². The van der Waals surface area contributed by atoms with Gasteiger partial charge in [0, 0.05) is 23.9 Å². The standard InChI is InChI=1S/C23H23N5O5/c1-13(2)17-11-21(33-28-17)27-23(29)26-14-6-5-7-15(8-14)32-22-16-9-19(30-3)20(31-4)10-18(16)24-12-25-22/h5-13H,1-4H3,(H2,26,27,29). The minimum atomic E-state index is -0.470. The van der Waals surface area contributed by atoms with Crippen LogP contribution in [0.3, 0.4) is 0 Å². The second-order valence-corrected chi connectivity index (χ2v) is 7.38. The molecule has 2 amide bonds. The van der Waals surface area contributed by atoms with E-state index in [1.54, 1.807) is 56.7 Å². The van der Waals surface area contributed by atoms with E-state index in [0.717, 1.165) is 5.69 Å². The molecule has 2 heterocycles. The van der Waals surface area contributed by atoms with E-state index in [9.17, 15) is 4.79 Å². The number of amides is 2. The highest BCUT2D eigenvalue weighted by Gasteiger charge is 2.14. The lowest BCUT2D eigenvalue weighted by Gasteiger charge is -2.12. The molecule has 0 saturated heterocycles. The highest BCUT2D eigenvalue weighted by atomic mass is 16.5. The van der Waals surface area contributed by atoms with E-state index in [4.69, 9.17) is 18.7 Å². The number of carbonyl (C=O) groups excluding carboxylic acids is 1. The highest BCUT2D eigenvalue weighted by Crippen LogP contribution is 2.36. The number of aromatic nitrogens is 3. The van der Waals surface area contributed by atoms with Crippen LogP contribution in [0.15, 0.2) is 53.3 Å². The topological polar surface area (TPSA) is 121 Å². The van der Waals surface area contributed by atoms with Crippen molar-refractivity contribution in [3.8, 4) is 23.1 Å². The van der Waals surface area contributed by atoms with Gasteiger partial charge in [-0.05, 0) is 24.1 Å². The van der Waals surface area contributed by atoms with Crippen molar-refractivity contribution in [1.82, 2.24) is 15.1 Å². The molecule has 0 radical (unpaired) electrons. The molecule has 0 saturated carbocycles. The Labute approximate surface area is 189 Å². The lowest BCUT2D eigenvalue weighted by Crippen LogP contribution is -2.19. The number of nitrogens with zero attached hydrogens (tertiary/aromatic N) is 3. The van der Waals surface area contributed by atoms with E-state index in [-0.39, 0.29) is 11.8 Å². The second-order valence-electron chi connectivity index (χ2n) is 7.38. The first-order valence-electron chi connectivity index (χ1n) is 10.2. The molecule has 0 unspecified atom stereocenters. The van der Waals surface area contributed by atoms with Crippen molar-refractivity contribution in [3.63, 3.8) is 0 Å². The van der Waals surface area contributed by atoms with Crippen LogP contribution in [0.1, 0.15) is 25.5 Å². The number of hydrogen-bond acceptors (Lipinski definition) is 8. The first-order chi connectivity index (χ1) is 16.0. The van der Waals surface area contributed by atoms with E-state index in [0.29, 0.717) is 39.7 Å². The van der Waals surface area contributed by atoms with Crippen LogP contribution in [-0.4, -0.2) is 35.4 Å². The highest BCUT2D eigenvalue weighted by molar-refractivity contribution is 5.99. The largest absolute Gasteiger partial charge is 0.493 e. The Hall–Kier alpha value is -4.34. The molecular formula is C23H23N5O5. The van der Waals surface area contributed by atoms with Gasteiger partial charge in [-0.1, -0.05) is 25.1 Å². The maximum atomic E-state index is 12.3. The zero-order chi connectivity index (χ0) is 23.4. The SMILES string of the molecule is COc1cc2ncnc(Oc3cccc(NC(=O)Nc4cc(C(C)C)no4)c3)c2cc1OC. The fraction of sp³-hybridized carbons (Fsp3) is 0.217. The predicted molar refractivity (Wildman–Crippen MR) is 122 cm³/mol. The van der Waals surface area contributed by atoms with Crippen LogP contribution < -0.4 is 24.8 Å². The molecule has 0 fully saturated rings. The van der Waals surface area contributed by atoms with Gasteiger partial charge in [-0.2, -0.15) is 0 Å². The summed E-state index contributed by atoms with van der Waals surface area (Å²) in [5.41, 5.74) is 1.91. The first kappa shape index (κ1) is 21.9. The van der Waals surface area contributed by atoms with E-state index in [2.05, 4.69) is 25.8 Å². The third-order valence-corrected chi connectivity index (χ3v) is 4.77. The average molecular weight is 449 g/mol. The van der Waals surface area contributed by atoms with Crippen LogP contribution in [0.4, 0.5) is 16.4 Å². The van der Waals surface area contributed by atoms with Crippen LogP contribution in [0.25, 0.3) is 10.9 Å². The summed E-state index contributed by atoms with van der Waals surface area (Å²) >= 11 is 0. The van der Waals surface area contributed by atoms with Gasteiger partial charge in [0.05, 0.1) is 30.8 Å². The number of benzene rings is 2. The molecule has 0 aliphatic rings. The van der Waals surface area contributed by atoms with E-state index in [1.165, 1.54) is 6.33 Å². The van der Waals surface area contributed by atoms with Gasteiger partial charge >= 0.3 is 6.03 Å². The molecule has 33 heavy (non-hydrogen) atoms. The molecule has 4 rings (SSSR count). The van der Waals surface area contributed by atoms with Crippen LogP contribution in [0, 0.1) is 0 Å². The van der Waals surface area contributed by atoms with Gasteiger partial charge in [0.2, 0.25) is 11.8 Å². The smallest absolute Gasteiger partial charge is 0.326 e. The molecule has 10 heteroatoms. The van der Waals surface area contributed by atoms with Crippen molar-refractivity contribution >= 4 is 28.5 Å². The summed E-state index contributed by atoms with van der Waals surface area (Å²) in [7, 11) is 3.11. The summed E-state index contributed by atoms with van der Waals surface area (Å²) in [6.45, 7) is 3.97. The maximum Gasteiger partial charge on any atom is 0.326 e. The van der Waals surface area contributed by atoms with Crippen molar-refractivity contribution in [3.05, 3.63) is 54.5 Å². The number of ether oxygens (including phenoxy) is 3. The number of rotatable bonds is 7. The molecule has 0 aliphatic carbocycles. The van der Waals surface area contributed by atoms with Crippen LogP contribution >= 0.6 is 0 Å². The molecule has 10 nitrogen and oxygen atoms in total. The molecular weight excluding hydrogens is 426 g/mol. The molecule has 170 valence electrons. The van der Waals surface area contributed by atoms with Crippen LogP contribution in [0.5, 0.6) is 23.1 Å². The summed E-state index contributed by atoms with van der Waals surface area (Å²) in [6.07, 6.45) is 1.40. The molecule has 4 aromatic rings.